The Morgan fingerprint density at radius 1 is 1.00 bits per heavy atom. The highest BCUT2D eigenvalue weighted by Crippen LogP contribution is 2.34. The first-order valence-electron chi connectivity index (χ1n) is 10.6. The first kappa shape index (κ1) is 19.8. The maximum absolute atomic E-state index is 4.94. The largest absolute Gasteiger partial charge is 0.337 e. The lowest BCUT2D eigenvalue weighted by Crippen LogP contribution is -2.10. The maximum atomic E-state index is 4.94. The first-order valence-corrected chi connectivity index (χ1v) is 11.5. The van der Waals surface area contributed by atoms with Crippen molar-refractivity contribution in [2.45, 2.75) is 6.54 Å². The van der Waals surface area contributed by atoms with Crippen LogP contribution in [0.2, 0.25) is 0 Å². The fourth-order valence-electron chi connectivity index (χ4n) is 4.11. The van der Waals surface area contributed by atoms with E-state index in [0.29, 0.717) is 0 Å². The highest BCUT2D eigenvalue weighted by atomic mass is 32.1. The summed E-state index contributed by atoms with van der Waals surface area (Å²) in [5.41, 5.74) is 7.68. The van der Waals surface area contributed by atoms with E-state index in [2.05, 4.69) is 71.8 Å². The number of H-pyrrole nitrogens is 2. The van der Waals surface area contributed by atoms with Gasteiger partial charge < -0.3 is 9.88 Å². The molecule has 8 heteroatoms. The number of imidazole rings is 1. The first-order chi connectivity index (χ1) is 16.2. The monoisotopic (exact) mass is 451 g/mol. The van der Waals surface area contributed by atoms with E-state index in [1.807, 2.05) is 38.8 Å². The summed E-state index contributed by atoms with van der Waals surface area (Å²) in [6.07, 6.45) is 5.56. The number of aromatic nitrogens is 6. The molecule has 0 radical (unpaired) electrons. The summed E-state index contributed by atoms with van der Waals surface area (Å²) in [4.78, 5) is 20.8. The van der Waals surface area contributed by atoms with Gasteiger partial charge in [0.1, 0.15) is 5.69 Å². The van der Waals surface area contributed by atoms with E-state index in [4.69, 9.17) is 4.98 Å². The van der Waals surface area contributed by atoms with Gasteiger partial charge in [0.2, 0.25) is 0 Å². The molecule has 162 valence electrons. The van der Waals surface area contributed by atoms with Gasteiger partial charge in [-0.25, -0.2) is 4.98 Å². The van der Waals surface area contributed by atoms with E-state index in [-0.39, 0.29) is 0 Å². The second-order valence-electron chi connectivity index (χ2n) is 8.27. The van der Waals surface area contributed by atoms with Crippen molar-refractivity contribution < 1.29 is 0 Å². The standard InChI is InChI=1S/C25H21N7S/c1-32(2)14-15-9-16(12-26-11-15)20-10-18-21(13-27-20)30-31-24(18)25-28-19-6-3-5-17(23(19)29-25)22-7-4-8-33-22/h3-13H,14H2,1-2H3,(H,28,29)(H,30,31). The van der Waals surface area contributed by atoms with Crippen molar-refractivity contribution in [2.24, 2.45) is 0 Å². The van der Waals surface area contributed by atoms with Crippen molar-refractivity contribution >= 4 is 33.3 Å². The Morgan fingerprint density at radius 3 is 2.79 bits per heavy atom. The number of nitrogens with zero attached hydrogens (tertiary/aromatic N) is 5. The van der Waals surface area contributed by atoms with Crippen molar-refractivity contribution in [2.75, 3.05) is 14.1 Å². The van der Waals surface area contributed by atoms with Gasteiger partial charge >= 0.3 is 0 Å². The van der Waals surface area contributed by atoms with Crippen molar-refractivity contribution in [3.05, 3.63) is 72.0 Å². The van der Waals surface area contributed by atoms with Crippen LogP contribution in [0.4, 0.5) is 0 Å². The molecule has 6 aromatic rings. The van der Waals surface area contributed by atoms with Gasteiger partial charge in [0.15, 0.2) is 5.82 Å². The van der Waals surface area contributed by atoms with Gasteiger partial charge in [0.25, 0.3) is 0 Å². The number of hydrogen-bond donors (Lipinski definition) is 2. The van der Waals surface area contributed by atoms with E-state index in [9.17, 15) is 0 Å². The van der Waals surface area contributed by atoms with Gasteiger partial charge in [0.05, 0.1) is 28.4 Å². The molecule has 7 nitrogen and oxygen atoms in total. The number of para-hydroxylation sites is 1. The third-order valence-corrected chi connectivity index (χ3v) is 6.46. The molecular formula is C25H21N7S. The van der Waals surface area contributed by atoms with Crippen molar-refractivity contribution in [1.29, 1.82) is 0 Å². The molecule has 0 amide bonds. The number of aromatic amines is 2. The molecule has 6 rings (SSSR count). The quantitative estimate of drug-likeness (QED) is 0.369. The number of benzene rings is 1. The number of thiophene rings is 1. The fraction of sp³-hybridized carbons (Fsp3) is 0.120. The van der Waals surface area contributed by atoms with E-state index in [1.54, 1.807) is 11.3 Å². The van der Waals surface area contributed by atoms with Crippen LogP contribution < -0.4 is 0 Å². The summed E-state index contributed by atoms with van der Waals surface area (Å²) in [5.74, 6) is 0.733. The third kappa shape index (κ3) is 3.59. The Hall–Kier alpha value is -3.88. The van der Waals surface area contributed by atoms with Crippen molar-refractivity contribution in [1.82, 2.24) is 35.0 Å². The van der Waals surface area contributed by atoms with Gasteiger partial charge in [0, 0.05) is 40.3 Å². The molecule has 5 aromatic heterocycles. The zero-order valence-electron chi connectivity index (χ0n) is 18.2. The lowest BCUT2D eigenvalue weighted by atomic mass is 10.1. The summed E-state index contributed by atoms with van der Waals surface area (Å²) in [7, 11) is 4.10. The molecule has 1 aromatic carbocycles. The topological polar surface area (TPSA) is 86.4 Å². The third-order valence-electron chi connectivity index (χ3n) is 5.56. The van der Waals surface area contributed by atoms with Crippen molar-refractivity contribution in [3.8, 4) is 33.2 Å². The van der Waals surface area contributed by atoms with Gasteiger partial charge in [-0.15, -0.1) is 11.3 Å². The molecule has 0 saturated heterocycles. The van der Waals surface area contributed by atoms with Crippen molar-refractivity contribution in [3.63, 3.8) is 0 Å². The van der Waals surface area contributed by atoms with Crippen LogP contribution in [-0.2, 0) is 6.54 Å². The molecule has 0 aliphatic heterocycles. The second-order valence-corrected chi connectivity index (χ2v) is 9.22. The highest BCUT2D eigenvalue weighted by molar-refractivity contribution is 7.13. The van der Waals surface area contributed by atoms with Crippen LogP contribution >= 0.6 is 11.3 Å². The Bertz CT molecular complexity index is 1580. The number of hydrogen-bond acceptors (Lipinski definition) is 6. The summed E-state index contributed by atoms with van der Waals surface area (Å²) >= 11 is 1.71. The van der Waals surface area contributed by atoms with Crippen LogP contribution in [0.15, 0.2) is 66.4 Å². The summed E-state index contributed by atoms with van der Waals surface area (Å²) < 4.78 is 0. The van der Waals surface area contributed by atoms with Crippen LogP contribution in [0.1, 0.15) is 5.56 Å². The van der Waals surface area contributed by atoms with Crippen LogP contribution in [0, 0.1) is 0 Å². The molecule has 0 aliphatic rings. The summed E-state index contributed by atoms with van der Waals surface area (Å²) in [6, 6.07) is 14.6. The minimum atomic E-state index is 0.733. The average molecular weight is 452 g/mol. The van der Waals surface area contributed by atoms with Crippen LogP contribution in [0.5, 0.6) is 0 Å². The molecule has 0 bridgehead atoms. The number of nitrogens with one attached hydrogen (secondary N) is 2. The lowest BCUT2D eigenvalue weighted by molar-refractivity contribution is 0.402. The Kier molecular flexibility index (Phi) is 4.74. The average Bonchev–Trinajstić information content (AvgIpc) is 3.57. The minimum Gasteiger partial charge on any atom is -0.337 e. The van der Waals surface area contributed by atoms with E-state index >= 15 is 0 Å². The molecule has 0 fully saturated rings. The zero-order valence-corrected chi connectivity index (χ0v) is 19.0. The SMILES string of the molecule is CN(C)Cc1cncc(-c2cc3c(-c4nc5c(-c6cccs6)cccc5[nH]4)n[nH]c3cn2)c1. The van der Waals surface area contributed by atoms with Gasteiger partial charge in [-0.2, -0.15) is 5.10 Å². The molecule has 0 aliphatic carbocycles. The Labute approximate surface area is 194 Å². The Morgan fingerprint density at radius 2 is 1.94 bits per heavy atom. The van der Waals surface area contributed by atoms with Gasteiger partial charge in [-0.1, -0.05) is 18.2 Å². The number of fused-ring (bicyclic) bond motifs is 2. The second kappa shape index (κ2) is 7.91. The van der Waals surface area contributed by atoms with Gasteiger partial charge in [-0.3, -0.25) is 15.1 Å². The number of pyridine rings is 2. The maximum Gasteiger partial charge on any atom is 0.159 e. The Balaban J connectivity index is 1.45. The minimum absolute atomic E-state index is 0.733. The van der Waals surface area contributed by atoms with Gasteiger partial charge in [-0.05, 0) is 49.3 Å². The van der Waals surface area contributed by atoms with Crippen LogP contribution in [-0.4, -0.2) is 49.1 Å². The fourth-order valence-corrected chi connectivity index (χ4v) is 4.86. The number of rotatable bonds is 5. The molecule has 0 unspecified atom stereocenters. The molecule has 5 heterocycles. The normalized spacial score (nSPS) is 11.7. The molecule has 33 heavy (non-hydrogen) atoms. The predicted octanol–water partition coefficient (Wildman–Crippen LogP) is 5.35. The zero-order chi connectivity index (χ0) is 22.4. The molecule has 0 spiro atoms. The summed E-state index contributed by atoms with van der Waals surface area (Å²) in [5, 5.41) is 10.7. The van der Waals surface area contributed by atoms with E-state index in [1.165, 1.54) is 4.88 Å². The highest BCUT2D eigenvalue weighted by Gasteiger charge is 2.16. The molecular weight excluding hydrogens is 430 g/mol. The summed E-state index contributed by atoms with van der Waals surface area (Å²) in [6.45, 7) is 0.825. The van der Waals surface area contributed by atoms with E-state index < -0.39 is 0 Å². The smallest absolute Gasteiger partial charge is 0.159 e. The lowest BCUT2D eigenvalue weighted by Gasteiger charge is -2.10. The predicted molar refractivity (Wildman–Crippen MR) is 133 cm³/mol. The molecule has 0 saturated carbocycles. The van der Waals surface area contributed by atoms with E-state index in [0.717, 1.165) is 62.4 Å². The van der Waals surface area contributed by atoms with Crippen LogP contribution in [0.25, 0.3) is 55.2 Å². The van der Waals surface area contributed by atoms with Crippen LogP contribution in [0.3, 0.4) is 0 Å². The molecule has 0 atom stereocenters. The molecule has 2 N–H and O–H groups in total.